The third-order valence-electron chi connectivity index (χ3n) is 6.38. The topological polar surface area (TPSA) is 45.7 Å². The van der Waals surface area contributed by atoms with Crippen LogP contribution in [0, 0.1) is 17.8 Å². The molecule has 0 aromatic heterocycles. The molecule has 4 aliphatic carbocycles. The van der Waals surface area contributed by atoms with Crippen LogP contribution in [0.5, 0.6) is 0 Å². The Kier molecular flexibility index (Phi) is 4.14. The summed E-state index contributed by atoms with van der Waals surface area (Å²) in [5, 5.41) is 5.49. The van der Waals surface area contributed by atoms with Crippen molar-refractivity contribution in [2.45, 2.75) is 50.5 Å². The lowest BCUT2D eigenvalue weighted by atomic mass is 9.53. The summed E-state index contributed by atoms with van der Waals surface area (Å²) in [6, 6.07) is 10.4. The molecule has 5 rings (SSSR count). The lowest BCUT2D eigenvalue weighted by Gasteiger charge is -2.54. The molecule has 4 bridgehead atoms. The van der Waals surface area contributed by atoms with Crippen LogP contribution in [-0.2, 0) is 11.2 Å². The maximum atomic E-state index is 12.2. The summed E-state index contributed by atoms with van der Waals surface area (Å²) >= 11 is 0. The summed E-state index contributed by atoms with van der Waals surface area (Å²) in [5.74, 6) is 3.08. The molecule has 4 aliphatic rings. The van der Waals surface area contributed by atoms with E-state index in [2.05, 4.69) is 34.9 Å². The van der Waals surface area contributed by atoms with Gasteiger partial charge in [-0.1, -0.05) is 30.3 Å². The highest BCUT2D eigenvalue weighted by Gasteiger charge is 2.53. The first-order chi connectivity index (χ1) is 11.2. The highest BCUT2D eigenvalue weighted by atomic mass is 16.1. The highest BCUT2D eigenvalue weighted by molar-refractivity contribution is 5.76. The third-order valence-corrected chi connectivity index (χ3v) is 6.38. The number of hydrogen-bond acceptors (Lipinski definition) is 1. The van der Waals surface area contributed by atoms with Crippen molar-refractivity contribution in [2.75, 3.05) is 13.1 Å². The molecule has 0 unspecified atom stereocenters. The maximum Gasteiger partial charge on any atom is 0.275 e. The number of nitrogens with two attached hydrogens (primary N) is 1. The van der Waals surface area contributed by atoms with Gasteiger partial charge in [0.25, 0.3) is 5.91 Å². The lowest BCUT2D eigenvalue weighted by molar-refractivity contribution is -0.730. The second kappa shape index (κ2) is 6.27. The van der Waals surface area contributed by atoms with Gasteiger partial charge in [0.1, 0.15) is 0 Å². The van der Waals surface area contributed by atoms with Crippen LogP contribution < -0.4 is 10.6 Å². The number of quaternary nitrogens is 1. The predicted molar refractivity (Wildman–Crippen MR) is 90.9 cm³/mol. The van der Waals surface area contributed by atoms with Crippen molar-refractivity contribution in [3.8, 4) is 0 Å². The van der Waals surface area contributed by atoms with Crippen LogP contribution in [-0.4, -0.2) is 24.5 Å². The Labute approximate surface area is 139 Å². The van der Waals surface area contributed by atoms with Crippen LogP contribution in [0.15, 0.2) is 30.3 Å². The number of nitrogens with one attached hydrogen (secondary N) is 1. The van der Waals surface area contributed by atoms with Crippen molar-refractivity contribution in [1.82, 2.24) is 5.32 Å². The van der Waals surface area contributed by atoms with Gasteiger partial charge in [-0.15, -0.1) is 0 Å². The van der Waals surface area contributed by atoms with Gasteiger partial charge in [-0.05, 0) is 49.0 Å². The van der Waals surface area contributed by atoms with Crippen LogP contribution in [0.4, 0.5) is 0 Å². The highest BCUT2D eigenvalue weighted by Crippen LogP contribution is 2.54. The molecule has 23 heavy (non-hydrogen) atoms. The summed E-state index contributed by atoms with van der Waals surface area (Å²) in [7, 11) is 0. The van der Waals surface area contributed by atoms with Gasteiger partial charge in [0.05, 0.1) is 5.54 Å². The lowest BCUT2D eigenvalue weighted by Crippen LogP contribution is -3.00. The first kappa shape index (κ1) is 15.2. The van der Waals surface area contributed by atoms with Gasteiger partial charge >= 0.3 is 0 Å². The summed E-state index contributed by atoms with van der Waals surface area (Å²) in [6.45, 7) is 1.36. The Morgan fingerprint density at radius 3 is 2.26 bits per heavy atom. The van der Waals surface area contributed by atoms with Crippen molar-refractivity contribution < 1.29 is 10.1 Å². The van der Waals surface area contributed by atoms with Gasteiger partial charge in [0.15, 0.2) is 6.54 Å². The minimum absolute atomic E-state index is 0.205. The Bertz CT molecular complexity index is 519. The van der Waals surface area contributed by atoms with Gasteiger partial charge in [0.2, 0.25) is 0 Å². The number of carbonyl (C=O) groups is 1. The molecule has 1 amide bonds. The fourth-order valence-electron chi connectivity index (χ4n) is 5.80. The second-order valence-electron chi connectivity index (χ2n) is 8.27. The molecule has 0 aliphatic heterocycles. The monoisotopic (exact) mass is 313 g/mol. The number of benzene rings is 1. The molecule has 0 saturated heterocycles. The van der Waals surface area contributed by atoms with E-state index in [0.29, 0.717) is 12.1 Å². The van der Waals surface area contributed by atoms with E-state index in [9.17, 15) is 4.79 Å². The molecule has 1 aromatic carbocycles. The van der Waals surface area contributed by atoms with E-state index >= 15 is 0 Å². The number of hydrogen-bond donors (Lipinski definition) is 2. The average molecular weight is 313 g/mol. The molecular weight excluding hydrogens is 284 g/mol. The molecule has 0 heterocycles. The fraction of sp³-hybridized carbons (Fsp3) is 0.650. The molecule has 3 heteroatoms. The summed E-state index contributed by atoms with van der Waals surface area (Å²) in [5.41, 5.74) is 1.70. The second-order valence-corrected chi connectivity index (χ2v) is 8.27. The number of amides is 1. The van der Waals surface area contributed by atoms with Crippen molar-refractivity contribution in [3.63, 3.8) is 0 Å². The molecule has 0 spiro atoms. The van der Waals surface area contributed by atoms with Gasteiger partial charge in [-0.3, -0.25) is 4.79 Å². The molecule has 0 radical (unpaired) electrons. The molecular formula is C20H29N2O+. The zero-order chi connectivity index (χ0) is 15.7. The average Bonchev–Trinajstić information content (AvgIpc) is 2.53. The van der Waals surface area contributed by atoms with E-state index in [0.717, 1.165) is 30.7 Å². The quantitative estimate of drug-likeness (QED) is 0.827. The molecule has 3 nitrogen and oxygen atoms in total. The smallest absolute Gasteiger partial charge is 0.275 e. The Hall–Kier alpha value is -1.35. The van der Waals surface area contributed by atoms with E-state index in [1.807, 2.05) is 6.07 Å². The van der Waals surface area contributed by atoms with Crippen molar-refractivity contribution >= 4 is 5.91 Å². The number of carbonyl (C=O) groups excluding carboxylic acids is 1. The van der Waals surface area contributed by atoms with Crippen LogP contribution in [0.1, 0.15) is 44.1 Å². The van der Waals surface area contributed by atoms with Crippen molar-refractivity contribution in [1.29, 1.82) is 0 Å². The standard InChI is InChI=1S/C20H28N2O/c23-19(21-7-6-15-4-2-1-3-5-15)14-22-20-11-16-8-17(12-20)10-18(9-16)13-20/h1-5,16-18,22H,6-14H2,(H,21,23)/p+1. The Morgan fingerprint density at radius 1 is 1.04 bits per heavy atom. The third kappa shape index (κ3) is 3.45. The van der Waals surface area contributed by atoms with E-state index in [-0.39, 0.29) is 5.91 Å². The van der Waals surface area contributed by atoms with Crippen molar-refractivity contribution in [3.05, 3.63) is 35.9 Å². The zero-order valence-corrected chi connectivity index (χ0v) is 14.0. The maximum absolute atomic E-state index is 12.2. The van der Waals surface area contributed by atoms with Crippen LogP contribution in [0.3, 0.4) is 0 Å². The van der Waals surface area contributed by atoms with Gasteiger partial charge in [0, 0.05) is 25.8 Å². The normalized spacial score (nSPS) is 34.5. The van der Waals surface area contributed by atoms with Crippen molar-refractivity contribution in [2.24, 2.45) is 17.8 Å². The van der Waals surface area contributed by atoms with Gasteiger partial charge in [-0.2, -0.15) is 0 Å². The van der Waals surface area contributed by atoms with Crippen LogP contribution >= 0.6 is 0 Å². The fourth-order valence-corrected chi connectivity index (χ4v) is 5.80. The molecule has 124 valence electrons. The van der Waals surface area contributed by atoms with Gasteiger partial charge < -0.3 is 10.6 Å². The van der Waals surface area contributed by atoms with Crippen LogP contribution in [0.25, 0.3) is 0 Å². The first-order valence-corrected chi connectivity index (χ1v) is 9.36. The first-order valence-electron chi connectivity index (χ1n) is 9.36. The molecule has 4 saturated carbocycles. The Morgan fingerprint density at radius 2 is 1.65 bits per heavy atom. The van der Waals surface area contributed by atoms with Gasteiger partial charge in [-0.25, -0.2) is 0 Å². The van der Waals surface area contributed by atoms with E-state index in [1.54, 1.807) is 0 Å². The molecule has 3 N–H and O–H groups in total. The summed E-state index contributed by atoms with van der Waals surface area (Å²) in [6.07, 6.45) is 9.40. The molecule has 1 aromatic rings. The van der Waals surface area contributed by atoms with E-state index in [4.69, 9.17) is 0 Å². The van der Waals surface area contributed by atoms with E-state index < -0.39 is 0 Å². The van der Waals surface area contributed by atoms with Crippen LogP contribution in [0.2, 0.25) is 0 Å². The largest absolute Gasteiger partial charge is 0.351 e. The minimum atomic E-state index is 0.205. The summed E-state index contributed by atoms with van der Waals surface area (Å²) in [4.78, 5) is 12.2. The Balaban J connectivity index is 1.22. The predicted octanol–water partition coefficient (Wildman–Crippen LogP) is 1.88. The zero-order valence-electron chi connectivity index (χ0n) is 14.0. The minimum Gasteiger partial charge on any atom is -0.351 e. The summed E-state index contributed by atoms with van der Waals surface area (Å²) < 4.78 is 0. The SMILES string of the molecule is O=C(C[NH2+]C12CC3CC(CC(C3)C1)C2)NCCc1ccccc1. The van der Waals surface area contributed by atoms with E-state index in [1.165, 1.54) is 44.1 Å². The molecule has 0 atom stereocenters. The molecule has 4 fully saturated rings. The number of rotatable bonds is 6.